The smallest absolute Gasteiger partial charge is 0.138 e. The first kappa shape index (κ1) is 11.4. The number of nitrogens with zero attached hydrogens (tertiary/aromatic N) is 2. The number of nitrogens with one attached hydrogen (secondary N) is 1. The van der Waals surface area contributed by atoms with E-state index in [1.807, 2.05) is 30.5 Å². The molecule has 4 heteroatoms. The fraction of sp³-hybridized carbons (Fsp3) is 0. The minimum absolute atomic E-state index is 0.632. The average molecular weight is 280 g/mol. The van der Waals surface area contributed by atoms with Gasteiger partial charge in [0.1, 0.15) is 5.65 Å². The standard InChI is InChI=1S/C16H10ClN3/c17-11-7-10(8-18-9-11)12-5-6-19-16-15(12)13-3-1-2-4-14(13)20-16/h1-9H,(H,19,20). The summed E-state index contributed by atoms with van der Waals surface area (Å²) in [5, 5.41) is 2.89. The Labute approximate surface area is 120 Å². The normalized spacial score (nSPS) is 11.2. The zero-order valence-corrected chi connectivity index (χ0v) is 11.2. The average Bonchev–Trinajstić information content (AvgIpc) is 2.85. The topological polar surface area (TPSA) is 41.6 Å². The molecule has 0 radical (unpaired) electrons. The highest BCUT2D eigenvalue weighted by Gasteiger charge is 2.11. The van der Waals surface area contributed by atoms with Gasteiger partial charge in [-0.1, -0.05) is 29.8 Å². The molecule has 1 N–H and O–H groups in total. The number of H-pyrrole nitrogens is 1. The van der Waals surface area contributed by atoms with Crippen LogP contribution in [-0.2, 0) is 0 Å². The SMILES string of the molecule is Clc1cncc(-c2ccnc3[nH]c4ccccc4c23)c1. The van der Waals surface area contributed by atoms with Gasteiger partial charge in [-0.2, -0.15) is 0 Å². The highest BCUT2D eigenvalue weighted by atomic mass is 35.5. The molecule has 1 aromatic carbocycles. The van der Waals surface area contributed by atoms with Crippen LogP contribution in [0.4, 0.5) is 0 Å². The Bertz CT molecular complexity index is 927. The molecule has 0 fully saturated rings. The summed E-state index contributed by atoms with van der Waals surface area (Å²) in [5.41, 5.74) is 4.04. The third kappa shape index (κ3) is 1.67. The van der Waals surface area contributed by atoms with E-state index < -0.39 is 0 Å². The van der Waals surface area contributed by atoms with E-state index in [2.05, 4.69) is 27.1 Å². The second kappa shape index (κ2) is 4.32. The van der Waals surface area contributed by atoms with Gasteiger partial charge in [-0.15, -0.1) is 0 Å². The Morgan fingerprint density at radius 1 is 1.05 bits per heavy atom. The first-order valence-electron chi connectivity index (χ1n) is 6.29. The molecule has 96 valence electrons. The monoisotopic (exact) mass is 279 g/mol. The number of para-hydroxylation sites is 1. The highest BCUT2D eigenvalue weighted by Crippen LogP contribution is 2.33. The maximum Gasteiger partial charge on any atom is 0.138 e. The van der Waals surface area contributed by atoms with E-state index in [1.54, 1.807) is 12.4 Å². The second-order valence-corrected chi connectivity index (χ2v) is 5.08. The molecule has 0 aliphatic heterocycles. The van der Waals surface area contributed by atoms with Crippen LogP contribution in [0.3, 0.4) is 0 Å². The zero-order valence-electron chi connectivity index (χ0n) is 10.5. The predicted octanol–water partition coefficient (Wildman–Crippen LogP) is 4.43. The summed E-state index contributed by atoms with van der Waals surface area (Å²) in [4.78, 5) is 11.9. The first-order valence-corrected chi connectivity index (χ1v) is 6.67. The largest absolute Gasteiger partial charge is 0.339 e. The van der Waals surface area contributed by atoms with Crippen LogP contribution in [0.1, 0.15) is 0 Å². The molecule has 3 aromatic heterocycles. The van der Waals surface area contributed by atoms with Crippen LogP contribution in [0.2, 0.25) is 5.02 Å². The van der Waals surface area contributed by atoms with Gasteiger partial charge in [0, 0.05) is 40.4 Å². The van der Waals surface area contributed by atoms with E-state index in [0.29, 0.717) is 5.02 Å². The van der Waals surface area contributed by atoms with Gasteiger partial charge in [0.2, 0.25) is 0 Å². The van der Waals surface area contributed by atoms with Crippen molar-refractivity contribution >= 4 is 33.5 Å². The van der Waals surface area contributed by atoms with Crippen LogP contribution in [0.5, 0.6) is 0 Å². The third-order valence-corrected chi connectivity index (χ3v) is 3.62. The van der Waals surface area contributed by atoms with E-state index in [1.165, 1.54) is 0 Å². The fourth-order valence-corrected chi connectivity index (χ4v) is 2.74. The fourth-order valence-electron chi connectivity index (χ4n) is 2.57. The molecule has 0 saturated heterocycles. The summed E-state index contributed by atoms with van der Waals surface area (Å²) in [5.74, 6) is 0. The Balaban J connectivity index is 2.14. The van der Waals surface area contributed by atoms with Gasteiger partial charge in [-0.25, -0.2) is 4.98 Å². The molecule has 0 spiro atoms. The van der Waals surface area contributed by atoms with Crippen molar-refractivity contribution in [1.29, 1.82) is 0 Å². The van der Waals surface area contributed by atoms with E-state index in [4.69, 9.17) is 11.6 Å². The van der Waals surface area contributed by atoms with Gasteiger partial charge in [0.05, 0.1) is 5.02 Å². The number of benzene rings is 1. The third-order valence-electron chi connectivity index (χ3n) is 3.42. The lowest BCUT2D eigenvalue weighted by Gasteiger charge is -2.03. The van der Waals surface area contributed by atoms with E-state index in [9.17, 15) is 0 Å². The zero-order chi connectivity index (χ0) is 13.5. The van der Waals surface area contributed by atoms with Crippen LogP contribution in [0.25, 0.3) is 33.1 Å². The molecule has 3 heterocycles. The van der Waals surface area contributed by atoms with E-state index in [0.717, 1.165) is 33.1 Å². The molecule has 0 saturated carbocycles. The van der Waals surface area contributed by atoms with Crippen molar-refractivity contribution in [3.05, 3.63) is 60.0 Å². The van der Waals surface area contributed by atoms with Crippen LogP contribution in [0.15, 0.2) is 55.0 Å². The first-order chi connectivity index (χ1) is 9.83. The van der Waals surface area contributed by atoms with Crippen LogP contribution in [0, 0.1) is 0 Å². The Kier molecular flexibility index (Phi) is 2.47. The number of pyridine rings is 2. The van der Waals surface area contributed by atoms with Crippen molar-refractivity contribution in [2.24, 2.45) is 0 Å². The number of hydrogen-bond acceptors (Lipinski definition) is 2. The number of aromatic nitrogens is 3. The molecule has 0 unspecified atom stereocenters. The number of fused-ring (bicyclic) bond motifs is 3. The van der Waals surface area contributed by atoms with Crippen molar-refractivity contribution in [1.82, 2.24) is 15.0 Å². The number of aromatic amines is 1. The number of hydrogen-bond donors (Lipinski definition) is 1. The molecule has 0 aliphatic rings. The lowest BCUT2D eigenvalue weighted by molar-refractivity contribution is 1.32. The predicted molar refractivity (Wildman–Crippen MR) is 81.8 cm³/mol. The molecule has 3 nitrogen and oxygen atoms in total. The number of halogens is 1. The van der Waals surface area contributed by atoms with Crippen molar-refractivity contribution < 1.29 is 0 Å². The van der Waals surface area contributed by atoms with Gasteiger partial charge in [-0.3, -0.25) is 4.98 Å². The summed E-state index contributed by atoms with van der Waals surface area (Å²) in [7, 11) is 0. The van der Waals surface area contributed by atoms with E-state index in [-0.39, 0.29) is 0 Å². The Hall–Kier alpha value is -2.39. The molecular weight excluding hydrogens is 270 g/mol. The molecule has 0 atom stereocenters. The van der Waals surface area contributed by atoms with Gasteiger partial charge >= 0.3 is 0 Å². The maximum atomic E-state index is 6.05. The molecule has 0 bridgehead atoms. The van der Waals surface area contributed by atoms with Crippen molar-refractivity contribution in [2.45, 2.75) is 0 Å². The van der Waals surface area contributed by atoms with Gasteiger partial charge in [0.15, 0.2) is 0 Å². The quantitative estimate of drug-likeness (QED) is 0.560. The minimum atomic E-state index is 0.632. The highest BCUT2D eigenvalue weighted by molar-refractivity contribution is 6.30. The molecule has 4 rings (SSSR count). The van der Waals surface area contributed by atoms with Crippen LogP contribution < -0.4 is 0 Å². The minimum Gasteiger partial charge on any atom is -0.339 e. The van der Waals surface area contributed by atoms with Crippen molar-refractivity contribution in [2.75, 3.05) is 0 Å². The summed E-state index contributed by atoms with van der Waals surface area (Å²) in [6.45, 7) is 0. The molecule has 0 amide bonds. The summed E-state index contributed by atoms with van der Waals surface area (Å²) in [6.07, 6.45) is 5.26. The Morgan fingerprint density at radius 3 is 2.85 bits per heavy atom. The molecule has 0 aliphatic carbocycles. The van der Waals surface area contributed by atoms with Gasteiger partial charge in [-0.05, 0) is 23.8 Å². The lowest BCUT2D eigenvalue weighted by atomic mass is 10.0. The maximum absolute atomic E-state index is 6.05. The summed E-state index contributed by atoms with van der Waals surface area (Å²) in [6, 6.07) is 12.1. The van der Waals surface area contributed by atoms with Crippen molar-refractivity contribution in [3.8, 4) is 11.1 Å². The van der Waals surface area contributed by atoms with Crippen molar-refractivity contribution in [3.63, 3.8) is 0 Å². The Morgan fingerprint density at radius 2 is 1.95 bits per heavy atom. The van der Waals surface area contributed by atoms with Crippen LogP contribution >= 0.6 is 11.6 Å². The molecular formula is C16H10ClN3. The second-order valence-electron chi connectivity index (χ2n) is 4.64. The van der Waals surface area contributed by atoms with Crippen LogP contribution in [-0.4, -0.2) is 15.0 Å². The molecule has 4 aromatic rings. The summed E-state index contributed by atoms with van der Waals surface area (Å²) < 4.78 is 0. The van der Waals surface area contributed by atoms with Gasteiger partial charge in [0.25, 0.3) is 0 Å². The number of rotatable bonds is 1. The summed E-state index contributed by atoms with van der Waals surface area (Å²) >= 11 is 6.05. The van der Waals surface area contributed by atoms with Gasteiger partial charge < -0.3 is 4.98 Å². The molecule has 20 heavy (non-hydrogen) atoms. The lowest BCUT2D eigenvalue weighted by Crippen LogP contribution is -1.84. The van der Waals surface area contributed by atoms with E-state index >= 15 is 0 Å².